The Morgan fingerprint density at radius 3 is 1.22 bits per heavy atom. The van der Waals surface area contributed by atoms with Crippen LogP contribution in [0.15, 0.2) is 0 Å². The lowest BCUT2D eigenvalue weighted by atomic mass is 10.0. The third-order valence-electron chi connectivity index (χ3n) is 3.90. The van der Waals surface area contributed by atoms with E-state index in [-0.39, 0.29) is 0 Å². The molecule has 0 bridgehead atoms. The molecule has 0 aromatic carbocycles. The van der Waals surface area contributed by atoms with E-state index in [0.29, 0.717) is 18.2 Å². The van der Waals surface area contributed by atoms with Crippen molar-refractivity contribution in [3.05, 3.63) is 0 Å². The molecule has 0 saturated carbocycles. The van der Waals surface area contributed by atoms with Gasteiger partial charge in [-0.05, 0) is 47.0 Å². The average Bonchev–Trinajstić information content (AvgIpc) is 2.74. The van der Waals surface area contributed by atoms with E-state index in [1.807, 2.05) is 13.8 Å². The van der Waals surface area contributed by atoms with E-state index >= 15 is 0 Å². The summed E-state index contributed by atoms with van der Waals surface area (Å²) >= 11 is 0. The molecule has 0 aromatic heterocycles. The Kier molecular flexibility index (Phi) is 8.83. The van der Waals surface area contributed by atoms with Crippen LogP contribution in [0.2, 0.25) is 0 Å². The average molecular weight is 257 g/mol. The summed E-state index contributed by atoms with van der Waals surface area (Å²) in [6.07, 6.45) is 1.85. The SMILES string of the molecule is CC.CC1CC(C)C(C)N1.CC1NC(C)C(C)N1. The van der Waals surface area contributed by atoms with Crippen molar-refractivity contribution in [3.8, 4) is 0 Å². The fourth-order valence-electron chi connectivity index (χ4n) is 2.57. The quantitative estimate of drug-likeness (QED) is 0.624. The van der Waals surface area contributed by atoms with Crippen molar-refractivity contribution in [1.29, 1.82) is 0 Å². The van der Waals surface area contributed by atoms with E-state index < -0.39 is 0 Å². The molecule has 3 nitrogen and oxygen atoms in total. The maximum atomic E-state index is 3.47. The maximum Gasteiger partial charge on any atom is 0.0547 e. The molecule has 2 saturated heterocycles. The van der Waals surface area contributed by atoms with Gasteiger partial charge in [-0.3, -0.25) is 10.6 Å². The summed E-state index contributed by atoms with van der Waals surface area (Å²) in [6, 6.07) is 2.75. The van der Waals surface area contributed by atoms with E-state index in [1.54, 1.807) is 0 Å². The van der Waals surface area contributed by atoms with E-state index in [2.05, 4.69) is 57.5 Å². The highest BCUT2D eigenvalue weighted by molar-refractivity contribution is 4.84. The molecule has 2 aliphatic rings. The van der Waals surface area contributed by atoms with E-state index in [0.717, 1.165) is 18.0 Å². The van der Waals surface area contributed by atoms with Crippen molar-refractivity contribution < 1.29 is 0 Å². The minimum absolute atomic E-state index is 0.500. The van der Waals surface area contributed by atoms with Gasteiger partial charge in [0.15, 0.2) is 0 Å². The second-order valence-electron chi connectivity index (χ2n) is 5.70. The molecule has 3 N–H and O–H groups in total. The molecule has 0 radical (unpaired) electrons. The number of rotatable bonds is 0. The van der Waals surface area contributed by atoms with Gasteiger partial charge in [0.2, 0.25) is 0 Å². The molecule has 0 aromatic rings. The van der Waals surface area contributed by atoms with Crippen LogP contribution in [-0.4, -0.2) is 30.3 Å². The van der Waals surface area contributed by atoms with Crippen LogP contribution >= 0.6 is 0 Å². The van der Waals surface area contributed by atoms with Gasteiger partial charge in [0.05, 0.1) is 6.17 Å². The molecule has 18 heavy (non-hydrogen) atoms. The molecule has 5 atom stereocenters. The zero-order chi connectivity index (χ0) is 14.3. The van der Waals surface area contributed by atoms with Gasteiger partial charge in [0, 0.05) is 24.2 Å². The van der Waals surface area contributed by atoms with Crippen molar-refractivity contribution in [2.45, 2.75) is 92.1 Å². The molecule has 5 unspecified atom stereocenters. The topological polar surface area (TPSA) is 36.1 Å². The fourth-order valence-corrected chi connectivity index (χ4v) is 2.57. The Labute approximate surface area is 114 Å². The summed E-state index contributed by atoms with van der Waals surface area (Å²) in [5, 5.41) is 10.2. The maximum absolute atomic E-state index is 3.47. The molecule has 2 fully saturated rings. The molecule has 3 heteroatoms. The minimum Gasteiger partial charge on any atom is -0.312 e. The van der Waals surface area contributed by atoms with Crippen molar-refractivity contribution >= 4 is 0 Å². The first-order valence-electron chi connectivity index (χ1n) is 7.68. The Morgan fingerprint density at radius 1 is 0.667 bits per heavy atom. The molecule has 2 heterocycles. The third kappa shape index (κ3) is 6.17. The Balaban J connectivity index is 0.000000283. The zero-order valence-electron chi connectivity index (χ0n) is 13.7. The standard InChI is InChI=1S/C7H15N.C6H14N2.C2H6/c1-5-4-6(2)8-7(5)3;1-4-5(2)8-6(3)7-4;1-2/h5-8H,4H2,1-3H3;4-8H,1-3H3;1-2H3. The van der Waals surface area contributed by atoms with E-state index in [9.17, 15) is 0 Å². The normalized spacial score (nSPS) is 42.7. The van der Waals surface area contributed by atoms with Crippen molar-refractivity contribution in [2.75, 3.05) is 0 Å². The molecule has 2 aliphatic heterocycles. The lowest BCUT2D eigenvalue weighted by molar-refractivity contribution is 0.518. The van der Waals surface area contributed by atoms with Gasteiger partial charge >= 0.3 is 0 Å². The highest BCUT2D eigenvalue weighted by Gasteiger charge is 2.23. The molecular weight excluding hydrogens is 222 g/mol. The molecule has 2 rings (SSSR count). The Bertz CT molecular complexity index is 166. The van der Waals surface area contributed by atoms with Crippen molar-refractivity contribution in [1.82, 2.24) is 16.0 Å². The summed E-state index contributed by atoms with van der Waals surface area (Å²) in [7, 11) is 0. The van der Waals surface area contributed by atoms with Gasteiger partial charge in [0.25, 0.3) is 0 Å². The Morgan fingerprint density at radius 2 is 1.11 bits per heavy atom. The van der Waals surface area contributed by atoms with E-state index in [1.165, 1.54) is 6.42 Å². The van der Waals surface area contributed by atoms with Crippen LogP contribution in [0, 0.1) is 5.92 Å². The van der Waals surface area contributed by atoms with Gasteiger partial charge in [0.1, 0.15) is 0 Å². The molecule has 0 aliphatic carbocycles. The van der Waals surface area contributed by atoms with Gasteiger partial charge in [-0.2, -0.15) is 0 Å². The summed E-state index contributed by atoms with van der Waals surface area (Å²) in [5.41, 5.74) is 0. The fraction of sp³-hybridized carbons (Fsp3) is 1.00. The van der Waals surface area contributed by atoms with Gasteiger partial charge < -0.3 is 5.32 Å². The molecular formula is C15H35N3. The van der Waals surface area contributed by atoms with Crippen LogP contribution in [0.5, 0.6) is 0 Å². The number of hydrogen-bond acceptors (Lipinski definition) is 3. The van der Waals surface area contributed by atoms with Crippen LogP contribution in [0.3, 0.4) is 0 Å². The predicted octanol–water partition coefficient (Wildman–Crippen LogP) is 2.72. The first-order chi connectivity index (χ1) is 8.40. The van der Waals surface area contributed by atoms with Crippen LogP contribution in [0.4, 0.5) is 0 Å². The highest BCUT2D eigenvalue weighted by atomic mass is 15.2. The summed E-state index contributed by atoms with van der Waals surface area (Å²) in [5.74, 6) is 0.880. The Hall–Kier alpha value is -0.120. The summed E-state index contributed by atoms with van der Waals surface area (Å²) < 4.78 is 0. The van der Waals surface area contributed by atoms with Crippen LogP contribution in [-0.2, 0) is 0 Å². The van der Waals surface area contributed by atoms with Crippen molar-refractivity contribution in [2.24, 2.45) is 5.92 Å². The van der Waals surface area contributed by atoms with Gasteiger partial charge in [-0.15, -0.1) is 0 Å². The smallest absolute Gasteiger partial charge is 0.0547 e. The molecule has 110 valence electrons. The lowest BCUT2D eigenvalue weighted by Gasteiger charge is -2.06. The summed E-state index contributed by atoms with van der Waals surface area (Å²) in [6.45, 7) is 17.3. The number of nitrogens with one attached hydrogen (secondary N) is 3. The lowest BCUT2D eigenvalue weighted by Crippen LogP contribution is -2.28. The minimum atomic E-state index is 0.500. The van der Waals surface area contributed by atoms with Crippen LogP contribution in [0.25, 0.3) is 0 Å². The van der Waals surface area contributed by atoms with Crippen molar-refractivity contribution in [3.63, 3.8) is 0 Å². The first-order valence-corrected chi connectivity index (χ1v) is 7.68. The first kappa shape index (κ1) is 17.9. The predicted molar refractivity (Wildman–Crippen MR) is 81.8 cm³/mol. The van der Waals surface area contributed by atoms with Gasteiger partial charge in [-0.1, -0.05) is 20.8 Å². The number of hydrogen-bond donors (Lipinski definition) is 3. The van der Waals surface area contributed by atoms with Gasteiger partial charge in [-0.25, -0.2) is 0 Å². The third-order valence-corrected chi connectivity index (χ3v) is 3.90. The van der Waals surface area contributed by atoms with Crippen LogP contribution < -0.4 is 16.0 Å². The largest absolute Gasteiger partial charge is 0.312 e. The van der Waals surface area contributed by atoms with E-state index in [4.69, 9.17) is 0 Å². The second-order valence-corrected chi connectivity index (χ2v) is 5.70. The molecule has 0 spiro atoms. The summed E-state index contributed by atoms with van der Waals surface area (Å²) in [4.78, 5) is 0. The zero-order valence-corrected chi connectivity index (χ0v) is 13.7. The second kappa shape index (κ2) is 8.89. The highest BCUT2D eigenvalue weighted by Crippen LogP contribution is 2.18. The van der Waals surface area contributed by atoms with Crippen LogP contribution in [0.1, 0.15) is 61.8 Å². The monoisotopic (exact) mass is 257 g/mol. The molecule has 0 amide bonds.